The number of aromatic nitrogens is 4. The maximum atomic E-state index is 13.1. The summed E-state index contributed by atoms with van der Waals surface area (Å²) in [4.78, 5) is 24.4. The standard InChI is InChI=1S/C28H31N7O4/c1-34-27-20(14-30-34)26(29)32-28(33-27)35-11-10-22-21(15-35)31-25(36)9-7-17-6-8-23(37-2)24(13-17)39-19-5-3-4-18(12-19)16-38-22/h3-6,8,12-14,21-22H,7,9-11,15-16H2,1-2H3,(H,31,36)(H2,29,32,33)/t21-,22+/m0/s1. The molecule has 2 aromatic carbocycles. The molecular formula is C28H31N7O4. The molecule has 2 aromatic heterocycles. The molecule has 0 aliphatic carbocycles. The van der Waals surface area contributed by atoms with Crippen LogP contribution in [0.2, 0.25) is 0 Å². The molecule has 3 N–H and O–H groups in total. The van der Waals surface area contributed by atoms with Gasteiger partial charge in [0.25, 0.3) is 0 Å². The third-order valence-corrected chi connectivity index (χ3v) is 7.25. The number of hydrogen-bond donors (Lipinski definition) is 2. The molecule has 0 radical (unpaired) electrons. The summed E-state index contributed by atoms with van der Waals surface area (Å²) in [5.41, 5.74) is 8.85. The third kappa shape index (κ3) is 5.17. The molecule has 11 heteroatoms. The van der Waals surface area contributed by atoms with E-state index in [1.807, 2.05) is 54.4 Å². The van der Waals surface area contributed by atoms with Crippen LogP contribution >= 0.6 is 0 Å². The van der Waals surface area contributed by atoms with E-state index in [4.69, 9.17) is 24.9 Å². The van der Waals surface area contributed by atoms with Crippen LogP contribution in [0.1, 0.15) is 24.0 Å². The average Bonchev–Trinajstić information content (AvgIpc) is 3.32. The molecule has 39 heavy (non-hydrogen) atoms. The van der Waals surface area contributed by atoms with Gasteiger partial charge in [0, 0.05) is 26.6 Å². The molecule has 4 heterocycles. The van der Waals surface area contributed by atoms with Gasteiger partial charge in [0.15, 0.2) is 17.1 Å². The molecule has 0 unspecified atom stereocenters. The van der Waals surface area contributed by atoms with Crippen LogP contribution < -0.4 is 25.4 Å². The van der Waals surface area contributed by atoms with E-state index in [-0.39, 0.29) is 18.1 Å². The Balaban J connectivity index is 1.28. The largest absolute Gasteiger partial charge is 0.493 e. The van der Waals surface area contributed by atoms with Crippen LogP contribution in [-0.4, -0.2) is 58.0 Å². The summed E-state index contributed by atoms with van der Waals surface area (Å²) in [5, 5.41) is 8.18. The molecule has 202 valence electrons. The Kier molecular flexibility index (Phi) is 6.65. The quantitative estimate of drug-likeness (QED) is 0.402. The molecule has 2 aliphatic heterocycles. The third-order valence-electron chi connectivity index (χ3n) is 7.25. The van der Waals surface area contributed by atoms with Crippen molar-refractivity contribution in [1.82, 2.24) is 25.1 Å². The maximum Gasteiger partial charge on any atom is 0.229 e. The highest BCUT2D eigenvalue weighted by molar-refractivity contribution is 5.86. The molecule has 4 bridgehead atoms. The SMILES string of the molecule is COc1ccc2cc1Oc1cccc(c1)CO[C@@H]1CCN(c3nc(N)c4cnn(C)c4n3)C[C@@H]1NC(=O)CC2. The first-order chi connectivity index (χ1) is 19.0. The highest BCUT2D eigenvalue weighted by atomic mass is 16.5. The molecule has 1 saturated heterocycles. The lowest BCUT2D eigenvalue weighted by Crippen LogP contribution is -2.56. The Hall–Kier alpha value is -4.38. The van der Waals surface area contributed by atoms with E-state index in [0.29, 0.717) is 73.6 Å². The molecule has 2 atom stereocenters. The zero-order chi connectivity index (χ0) is 26.9. The van der Waals surface area contributed by atoms with Gasteiger partial charge >= 0.3 is 0 Å². The Morgan fingerprint density at radius 1 is 1.13 bits per heavy atom. The summed E-state index contributed by atoms with van der Waals surface area (Å²) >= 11 is 0. The lowest BCUT2D eigenvalue weighted by atomic mass is 10.0. The van der Waals surface area contributed by atoms with Gasteiger partial charge in [-0.25, -0.2) is 0 Å². The lowest BCUT2D eigenvalue weighted by Gasteiger charge is -2.38. The lowest BCUT2D eigenvalue weighted by molar-refractivity contribution is -0.123. The number of nitrogens with one attached hydrogen (secondary N) is 1. The summed E-state index contributed by atoms with van der Waals surface area (Å²) in [5.74, 6) is 2.79. The summed E-state index contributed by atoms with van der Waals surface area (Å²) in [7, 11) is 3.44. The van der Waals surface area contributed by atoms with E-state index in [9.17, 15) is 4.79 Å². The van der Waals surface area contributed by atoms with Gasteiger partial charge in [-0.1, -0.05) is 18.2 Å². The number of nitrogen functional groups attached to an aromatic ring is 1. The first kappa shape index (κ1) is 24.9. The molecule has 2 aliphatic rings. The van der Waals surface area contributed by atoms with Gasteiger partial charge < -0.3 is 30.2 Å². The first-order valence-corrected chi connectivity index (χ1v) is 13.0. The molecule has 1 fully saturated rings. The number of nitrogens with zero attached hydrogens (tertiary/aromatic N) is 5. The number of nitrogens with two attached hydrogens (primary N) is 1. The van der Waals surface area contributed by atoms with E-state index >= 15 is 0 Å². The minimum Gasteiger partial charge on any atom is -0.493 e. The summed E-state index contributed by atoms with van der Waals surface area (Å²) in [6.45, 7) is 1.54. The Morgan fingerprint density at radius 2 is 2.03 bits per heavy atom. The Morgan fingerprint density at radius 3 is 2.90 bits per heavy atom. The fraction of sp³-hybridized carbons (Fsp3) is 0.357. The van der Waals surface area contributed by atoms with Crippen molar-refractivity contribution in [3.63, 3.8) is 0 Å². The number of hydrogen-bond acceptors (Lipinski definition) is 9. The smallest absolute Gasteiger partial charge is 0.229 e. The molecule has 6 rings (SSSR count). The van der Waals surface area contributed by atoms with E-state index in [2.05, 4.69) is 15.4 Å². The maximum absolute atomic E-state index is 13.1. The van der Waals surface area contributed by atoms with Gasteiger partial charge in [-0.05, 0) is 48.2 Å². The zero-order valence-corrected chi connectivity index (χ0v) is 22.0. The minimum atomic E-state index is -0.255. The average molecular weight is 530 g/mol. The van der Waals surface area contributed by atoms with Crippen LogP contribution in [0.15, 0.2) is 48.7 Å². The van der Waals surface area contributed by atoms with Crippen LogP contribution in [0.5, 0.6) is 17.2 Å². The van der Waals surface area contributed by atoms with E-state index < -0.39 is 0 Å². The number of carbonyl (C=O) groups is 1. The van der Waals surface area contributed by atoms with Gasteiger partial charge in [0.2, 0.25) is 11.9 Å². The van der Waals surface area contributed by atoms with Crippen LogP contribution in [0, 0.1) is 0 Å². The number of methoxy groups -OCH3 is 1. The highest BCUT2D eigenvalue weighted by Crippen LogP contribution is 2.33. The normalized spacial score (nSPS) is 19.8. The van der Waals surface area contributed by atoms with E-state index in [0.717, 1.165) is 16.5 Å². The molecule has 0 spiro atoms. The Bertz CT molecular complexity index is 1520. The molecule has 0 saturated carbocycles. The van der Waals surface area contributed by atoms with Gasteiger partial charge in [-0.2, -0.15) is 15.1 Å². The second kappa shape index (κ2) is 10.4. The monoisotopic (exact) mass is 529 g/mol. The van der Waals surface area contributed by atoms with Crippen LogP contribution in [0.25, 0.3) is 11.0 Å². The van der Waals surface area contributed by atoms with Crippen LogP contribution in [-0.2, 0) is 29.6 Å². The summed E-state index contributed by atoms with van der Waals surface area (Å²) in [6, 6.07) is 13.3. The number of benzene rings is 2. The second-order valence-corrected chi connectivity index (χ2v) is 9.91. The Labute approximate surface area is 225 Å². The topological polar surface area (TPSA) is 130 Å². The fourth-order valence-corrected chi connectivity index (χ4v) is 5.15. The number of fused-ring (bicyclic) bond motifs is 6. The molecule has 1 amide bonds. The number of piperidine rings is 1. The fourth-order valence-electron chi connectivity index (χ4n) is 5.15. The predicted octanol–water partition coefficient (Wildman–Crippen LogP) is 2.97. The van der Waals surface area contributed by atoms with Crippen molar-refractivity contribution in [1.29, 1.82) is 0 Å². The van der Waals surface area contributed by atoms with Gasteiger partial charge in [0.05, 0.1) is 37.4 Å². The number of amides is 1. The van der Waals surface area contributed by atoms with Gasteiger partial charge in [-0.15, -0.1) is 0 Å². The van der Waals surface area contributed by atoms with Crippen molar-refractivity contribution in [2.75, 3.05) is 30.8 Å². The van der Waals surface area contributed by atoms with E-state index in [1.54, 1.807) is 18.0 Å². The molecular weight excluding hydrogens is 498 g/mol. The van der Waals surface area contributed by atoms with Gasteiger partial charge in [0.1, 0.15) is 11.6 Å². The predicted molar refractivity (Wildman–Crippen MR) is 146 cm³/mol. The van der Waals surface area contributed by atoms with Crippen LogP contribution in [0.4, 0.5) is 11.8 Å². The molecule has 11 nitrogen and oxygen atoms in total. The first-order valence-electron chi connectivity index (χ1n) is 13.0. The summed E-state index contributed by atoms with van der Waals surface area (Å²) in [6.07, 6.45) is 3.06. The van der Waals surface area contributed by atoms with Crippen molar-refractivity contribution in [3.05, 3.63) is 59.8 Å². The van der Waals surface area contributed by atoms with E-state index in [1.165, 1.54) is 0 Å². The number of ether oxygens (including phenoxy) is 3. The zero-order valence-electron chi connectivity index (χ0n) is 22.0. The number of anilines is 2. The van der Waals surface area contributed by atoms with Gasteiger partial charge in [-0.3, -0.25) is 9.48 Å². The number of aryl methyl sites for hydroxylation is 2. The summed E-state index contributed by atoms with van der Waals surface area (Å²) < 4.78 is 19.7. The second-order valence-electron chi connectivity index (χ2n) is 9.91. The van der Waals surface area contributed by atoms with Crippen LogP contribution in [0.3, 0.4) is 0 Å². The minimum absolute atomic E-state index is 0.0494. The van der Waals surface area contributed by atoms with Crippen molar-refractivity contribution in [2.45, 2.75) is 38.0 Å². The van der Waals surface area contributed by atoms with Crippen molar-refractivity contribution in [2.24, 2.45) is 7.05 Å². The molecule has 4 aromatic rings. The van der Waals surface area contributed by atoms with Crippen molar-refractivity contribution < 1.29 is 19.0 Å². The van der Waals surface area contributed by atoms with Crippen molar-refractivity contribution in [3.8, 4) is 17.2 Å². The number of rotatable bonds is 2. The number of carbonyl (C=O) groups excluding carboxylic acids is 1. The van der Waals surface area contributed by atoms with Crippen molar-refractivity contribution >= 4 is 28.7 Å². The highest BCUT2D eigenvalue weighted by Gasteiger charge is 2.33.